The highest BCUT2D eigenvalue weighted by atomic mass is 16.6. The molecule has 2 aliphatic heterocycles. The Morgan fingerprint density at radius 1 is 1.14 bits per heavy atom. The van der Waals surface area contributed by atoms with Gasteiger partial charge in [0.2, 0.25) is 11.6 Å². The number of benzene rings is 2. The van der Waals surface area contributed by atoms with Gasteiger partial charge in [-0.3, -0.25) is 9.59 Å². The van der Waals surface area contributed by atoms with Gasteiger partial charge in [0, 0.05) is 17.8 Å². The molecule has 2 fully saturated rings. The summed E-state index contributed by atoms with van der Waals surface area (Å²) in [6.45, 7) is 3.64. The first-order chi connectivity index (χ1) is 17.6. The molecule has 2 aromatic carbocycles. The third-order valence-corrected chi connectivity index (χ3v) is 8.00. The summed E-state index contributed by atoms with van der Waals surface area (Å²) in [6, 6.07) is 9.83. The molecule has 5 unspecified atom stereocenters. The zero-order valence-electron chi connectivity index (χ0n) is 21.0. The number of fused-ring (bicyclic) bond motifs is 3. The molecule has 37 heavy (non-hydrogen) atoms. The van der Waals surface area contributed by atoms with Crippen LogP contribution in [0.2, 0.25) is 0 Å². The number of carbonyl (C=O) groups excluding carboxylic acids is 2. The van der Waals surface area contributed by atoms with E-state index in [9.17, 15) is 24.9 Å². The molecular formula is C28H30O9. The van der Waals surface area contributed by atoms with Crippen molar-refractivity contribution in [3.05, 3.63) is 59.2 Å². The number of rotatable bonds is 5. The van der Waals surface area contributed by atoms with Crippen LogP contribution in [0.1, 0.15) is 35.7 Å². The van der Waals surface area contributed by atoms with Crippen molar-refractivity contribution in [2.45, 2.75) is 37.8 Å². The number of phenolic OH excluding ortho intramolecular Hbond substituents is 1. The van der Waals surface area contributed by atoms with Gasteiger partial charge >= 0.3 is 0 Å². The monoisotopic (exact) mass is 510 g/mol. The normalized spacial score (nSPS) is 33.1. The topological polar surface area (TPSA) is 132 Å². The number of phenols is 1. The van der Waals surface area contributed by atoms with E-state index in [1.165, 1.54) is 20.3 Å². The predicted molar refractivity (Wildman–Crippen MR) is 131 cm³/mol. The number of ether oxygens (including phenoxy) is 4. The van der Waals surface area contributed by atoms with Crippen LogP contribution in [0.3, 0.4) is 0 Å². The van der Waals surface area contributed by atoms with Gasteiger partial charge in [0.25, 0.3) is 0 Å². The average molecular weight is 511 g/mol. The van der Waals surface area contributed by atoms with Crippen LogP contribution in [-0.4, -0.2) is 65.7 Å². The fraction of sp³-hybridized carbons (Fsp3) is 0.429. The lowest BCUT2D eigenvalue weighted by Crippen LogP contribution is -2.53. The summed E-state index contributed by atoms with van der Waals surface area (Å²) in [4.78, 5) is 26.7. The van der Waals surface area contributed by atoms with Gasteiger partial charge in [-0.1, -0.05) is 25.1 Å². The average Bonchev–Trinajstić information content (AvgIpc) is 3.14. The van der Waals surface area contributed by atoms with Gasteiger partial charge in [0.15, 0.2) is 29.5 Å². The molecule has 0 aromatic heterocycles. The second-order valence-electron chi connectivity index (χ2n) is 9.90. The molecule has 1 aliphatic carbocycles. The van der Waals surface area contributed by atoms with Gasteiger partial charge in [-0.15, -0.1) is 0 Å². The molecule has 2 aromatic rings. The highest BCUT2D eigenvalue weighted by Crippen LogP contribution is 2.54. The Kier molecular flexibility index (Phi) is 6.26. The standard InChI is InChI=1S/C28H30O9/c1-13(26-25(31)24(30)23-19(34-3)6-5-7-20(23)37-26)10-16-22(15-8-9-18(29)21(11-15)35-4)17-12-36-28(33,14(17)2)27(16)32/h5-11,14,16-17,22,25-26,29,31,33H,12H2,1-4H3/b13-10+/t14?,16?,17?,22?,25?,26-,28-/m1/s1. The highest BCUT2D eigenvalue weighted by Gasteiger charge is 2.62. The lowest BCUT2D eigenvalue weighted by atomic mass is 9.62. The van der Waals surface area contributed by atoms with Crippen LogP contribution in [0.4, 0.5) is 0 Å². The van der Waals surface area contributed by atoms with E-state index < -0.39 is 47.3 Å². The zero-order valence-corrected chi connectivity index (χ0v) is 21.0. The molecule has 196 valence electrons. The fourth-order valence-electron chi connectivity index (χ4n) is 5.93. The summed E-state index contributed by atoms with van der Waals surface area (Å²) in [5, 5.41) is 32.1. The number of aromatic hydroxyl groups is 1. The van der Waals surface area contributed by atoms with Crippen LogP contribution in [0, 0.1) is 17.8 Å². The Bertz CT molecular complexity index is 1280. The van der Waals surface area contributed by atoms with E-state index in [1.54, 1.807) is 50.3 Å². The van der Waals surface area contributed by atoms with E-state index in [-0.39, 0.29) is 35.3 Å². The molecule has 2 bridgehead atoms. The summed E-state index contributed by atoms with van der Waals surface area (Å²) < 4.78 is 22.2. The van der Waals surface area contributed by atoms with E-state index in [0.717, 1.165) is 5.56 Å². The molecule has 2 heterocycles. The Morgan fingerprint density at radius 3 is 2.57 bits per heavy atom. The number of ketones is 2. The van der Waals surface area contributed by atoms with Gasteiger partial charge in [-0.25, -0.2) is 0 Å². The van der Waals surface area contributed by atoms with Crippen LogP contribution in [0.25, 0.3) is 0 Å². The Morgan fingerprint density at radius 2 is 1.86 bits per heavy atom. The van der Waals surface area contributed by atoms with E-state index in [0.29, 0.717) is 11.3 Å². The van der Waals surface area contributed by atoms with E-state index in [1.807, 2.05) is 0 Å². The minimum atomic E-state index is -1.94. The van der Waals surface area contributed by atoms with Crippen molar-refractivity contribution in [1.29, 1.82) is 0 Å². The lowest BCUT2D eigenvalue weighted by Gasteiger charge is -2.41. The van der Waals surface area contributed by atoms with Crippen molar-refractivity contribution < 1.29 is 43.9 Å². The lowest BCUT2D eigenvalue weighted by molar-refractivity contribution is -0.204. The molecule has 1 saturated heterocycles. The number of allylic oxidation sites excluding steroid dienone is 1. The van der Waals surface area contributed by atoms with Crippen molar-refractivity contribution in [2.75, 3.05) is 20.8 Å². The maximum absolute atomic E-state index is 13.7. The Balaban J connectivity index is 1.56. The van der Waals surface area contributed by atoms with Crippen molar-refractivity contribution in [3.63, 3.8) is 0 Å². The maximum Gasteiger partial charge on any atom is 0.230 e. The molecule has 0 amide bonds. The molecule has 7 atom stereocenters. The van der Waals surface area contributed by atoms with Gasteiger partial charge in [0.1, 0.15) is 17.1 Å². The number of hydrogen-bond acceptors (Lipinski definition) is 9. The number of carbonyl (C=O) groups is 2. The largest absolute Gasteiger partial charge is 0.504 e. The van der Waals surface area contributed by atoms with Crippen molar-refractivity contribution in [1.82, 2.24) is 0 Å². The maximum atomic E-state index is 13.7. The highest BCUT2D eigenvalue weighted by molar-refractivity contribution is 6.05. The summed E-state index contributed by atoms with van der Waals surface area (Å²) in [5.74, 6) is -4.12. The van der Waals surface area contributed by atoms with Crippen LogP contribution in [-0.2, 0) is 9.53 Å². The third kappa shape index (κ3) is 3.80. The van der Waals surface area contributed by atoms with Crippen LogP contribution < -0.4 is 14.2 Å². The quantitative estimate of drug-likeness (QED) is 0.520. The minimum absolute atomic E-state index is 0.0322. The molecule has 0 spiro atoms. The van der Waals surface area contributed by atoms with E-state index in [4.69, 9.17) is 18.9 Å². The summed E-state index contributed by atoms with van der Waals surface area (Å²) >= 11 is 0. The second kappa shape index (κ2) is 9.16. The summed E-state index contributed by atoms with van der Waals surface area (Å²) in [6.07, 6.45) is -0.902. The zero-order chi connectivity index (χ0) is 26.6. The number of aliphatic hydroxyl groups is 2. The van der Waals surface area contributed by atoms with Gasteiger partial charge in [0.05, 0.1) is 20.8 Å². The molecule has 0 radical (unpaired) electrons. The van der Waals surface area contributed by atoms with Crippen LogP contribution in [0.5, 0.6) is 23.0 Å². The molecule has 3 aliphatic rings. The molecule has 1 saturated carbocycles. The first-order valence-electron chi connectivity index (χ1n) is 12.1. The molecule has 9 nitrogen and oxygen atoms in total. The SMILES string of the molecule is COc1cc(C2C(/C=C(\C)[C@H]3Oc4cccc(OC)c4C(=O)C3O)C(=O)[C@]3(O)OCC2C3C)ccc1O. The van der Waals surface area contributed by atoms with Gasteiger partial charge < -0.3 is 34.3 Å². The van der Waals surface area contributed by atoms with Crippen LogP contribution in [0.15, 0.2) is 48.0 Å². The first-order valence-corrected chi connectivity index (χ1v) is 12.1. The molecule has 5 rings (SSSR count). The third-order valence-electron chi connectivity index (χ3n) is 8.00. The number of Topliss-reactive ketones (excluding diaryl/α,β-unsaturated/α-hetero) is 2. The molecule has 3 N–H and O–H groups in total. The first kappa shape index (κ1) is 25.3. The smallest absolute Gasteiger partial charge is 0.230 e. The number of methoxy groups -OCH3 is 2. The Hall–Kier alpha value is -3.40. The molecule has 9 heteroatoms. The summed E-state index contributed by atoms with van der Waals surface area (Å²) in [5.41, 5.74) is 1.36. The van der Waals surface area contributed by atoms with Gasteiger partial charge in [-0.2, -0.15) is 0 Å². The fourth-order valence-corrected chi connectivity index (χ4v) is 5.93. The van der Waals surface area contributed by atoms with Crippen molar-refractivity contribution in [2.24, 2.45) is 17.8 Å². The van der Waals surface area contributed by atoms with Crippen molar-refractivity contribution in [3.8, 4) is 23.0 Å². The summed E-state index contributed by atoms with van der Waals surface area (Å²) in [7, 11) is 2.87. The van der Waals surface area contributed by atoms with Crippen LogP contribution >= 0.6 is 0 Å². The molecular weight excluding hydrogens is 480 g/mol. The predicted octanol–water partition coefficient (Wildman–Crippen LogP) is 2.61. The second-order valence-corrected chi connectivity index (χ2v) is 9.90. The van der Waals surface area contributed by atoms with E-state index >= 15 is 0 Å². The van der Waals surface area contributed by atoms with E-state index in [2.05, 4.69) is 0 Å². The minimum Gasteiger partial charge on any atom is -0.504 e. The Labute approximate surface area is 214 Å². The van der Waals surface area contributed by atoms with Gasteiger partial charge in [-0.05, 0) is 48.2 Å². The van der Waals surface area contributed by atoms with Crippen molar-refractivity contribution >= 4 is 11.6 Å². The number of aliphatic hydroxyl groups excluding tert-OH is 1. The number of hydrogen-bond donors (Lipinski definition) is 3.